The van der Waals surface area contributed by atoms with Gasteiger partial charge in [-0.1, -0.05) is 6.07 Å². The normalized spacial score (nSPS) is 21.2. The molecule has 0 unspecified atom stereocenters. The first kappa shape index (κ1) is 11.2. The summed E-state index contributed by atoms with van der Waals surface area (Å²) in [6.45, 7) is 2.33. The summed E-state index contributed by atoms with van der Waals surface area (Å²) < 4.78 is 0. The number of aliphatic hydroxyl groups excluding tert-OH is 1. The minimum Gasteiger partial charge on any atom is -0.396 e. The van der Waals surface area contributed by atoms with E-state index in [0.29, 0.717) is 18.2 Å². The number of carbonyl (C=O) groups excluding carboxylic acids is 1. The molecule has 1 aliphatic rings. The van der Waals surface area contributed by atoms with Crippen molar-refractivity contribution < 1.29 is 9.90 Å². The predicted octanol–water partition coefficient (Wildman–Crippen LogP) is 0.578. The van der Waals surface area contributed by atoms with E-state index in [4.69, 9.17) is 5.11 Å². The lowest BCUT2D eigenvalue weighted by Crippen LogP contribution is -2.28. The second kappa shape index (κ2) is 5.18. The van der Waals surface area contributed by atoms with Gasteiger partial charge in [0.25, 0.3) is 0 Å². The number of ketones is 1. The molecule has 0 amide bonds. The third-order valence-corrected chi connectivity index (χ3v) is 2.95. The molecule has 0 radical (unpaired) electrons. The Morgan fingerprint density at radius 3 is 3.06 bits per heavy atom. The largest absolute Gasteiger partial charge is 0.396 e. The fourth-order valence-corrected chi connectivity index (χ4v) is 2.02. The fourth-order valence-electron chi connectivity index (χ4n) is 2.02. The van der Waals surface area contributed by atoms with Gasteiger partial charge >= 0.3 is 0 Å². The third-order valence-electron chi connectivity index (χ3n) is 2.95. The van der Waals surface area contributed by atoms with E-state index in [1.54, 1.807) is 18.3 Å². The van der Waals surface area contributed by atoms with Gasteiger partial charge in [-0.25, -0.2) is 0 Å². The van der Waals surface area contributed by atoms with Crippen LogP contribution in [-0.4, -0.2) is 47.0 Å². The van der Waals surface area contributed by atoms with Crippen molar-refractivity contribution in [2.24, 2.45) is 5.92 Å². The van der Waals surface area contributed by atoms with E-state index >= 15 is 0 Å². The number of Topliss-reactive ketones (excluding diaryl/α,β-unsaturated/α-hetero) is 1. The number of hydrogen-bond donors (Lipinski definition) is 1. The molecule has 16 heavy (non-hydrogen) atoms. The van der Waals surface area contributed by atoms with E-state index in [-0.39, 0.29) is 12.4 Å². The molecule has 1 aliphatic heterocycles. The molecule has 1 fully saturated rings. The van der Waals surface area contributed by atoms with Crippen molar-refractivity contribution in [3.8, 4) is 0 Å². The van der Waals surface area contributed by atoms with Crippen molar-refractivity contribution in [1.29, 1.82) is 0 Å². The highest BCUT2D eigenvalue weighted by molar-refractivity contribution is 5.95. The van der Waals surface area contributed by atoms with E-state index in [0.717, 1.165) is 19.5 Å². The Bertz CT molecular complexity index is 353. The second-order valence-electron chi connectivity index (χ2n) is 4.21. The third kappa shape index (κ3) is 2.65. The Morgan fingerprint density at radius 2 is 2.44 bits per heavy atom. The fraction of sp³-hybridized carbons (Fsp3) is 0.500. The molecule has 4 nitrogen and oxygen atoms in total. The molecule has 1 saturated heterocycles. The summed E-state index contributed by atoms with van der Waals surface area (Å²) in [6.07, 6.45) is 2.61. The molecular weight excluding hydrogens is 204 g/mol. The SMILES string of the molecule is O=C(CN1CC[C@H](CO)C1)c1ccccn1. The highest BCUT2D eigenvalue weighted by atomic mass is 16.3. The molecule has 2 heterocycles. The van der Waals surface area contributed by atoms with Gasteiger partial charge in [0, 0.05) is 19.3 Å². The average molecular weight is 220 g/mol. The number of likely N-dealkylation sites (tertiary alicyclic amines) is 1. The van der Waals surface area contributed by atoms with Crippen LogP contribution < -0.4 is 0 Å². The molecule has 0 aliphatic carbocycles. The standard InChI is InChI=1S/C12H16N2O2/c15-9-10-4-6-14(7-10)8-12(16)11-3-1-2-5-13-11/h1-3,5,10,15H,4,6-9H2/t10-/m0/s1. The Balaban J connectivity index is 1.89. The monoisotopic (exact) mass is 220 g/mol. The zero-order valence-corrected chi connectivity index (χ0v) is 9.17. The number of carbonyl (C=O) groups is 1. The topological polar surface area (TPSA) is 53.4 Å². The quantitative estimate of drug-likeness (QED) is 0.754. The Labute approximate surface area is 94.9 Å². The van der Waals surface area contributed by atoms with Crippen LogP contribution in [0.4, 0.5) is 0 Å². The lowest BCUT2D eigenvalue weighted by Gasteiger charge is -2.13. The molecule has 86 valence electrons. The number of aromatic nitrogens is 1. The minimum absolute atomic E-state index is 0.0548. The number of hydrogen-bond acceptors (Lipinski definition) is 4. The van der Waals surface area contributed by atoms with E-state index in [1.807, 2.05) is 6.07 Å². The number of nitrogens with zero attached hydrogens (tertiary/aromatic N) is 2. The molecule has 4 heteroatoms. The van der Waals surface area contributed by atoms with Gasteiger partial charge in [0.05, 0.1) is 6.54 Å². The second-order valence-corrected chi connectivity index (χ2v) is 4.21. The Hall–Kier alpha value is -1.26. The number of pyridine rings is 1. The Kier molecular flexibility index (Phi) is 3.64. The first-order chi connectivity index (χ1) is 7.79. The molecule has 1 aromatic rings. The van der Waals surface area contributed by atoms with Gasteiger partial charge in [-0.15, -0.1) is 0 Å². The van der Waals surface area contributed by atoms with Crippen LogP contribution in [0.3, 0.4) is 0 Å². The molecule has 1 atom stereocenters. The summed E-state index contributed by atoms with van der Waals surface area (Å²) >= 11 is 0. The van der Waals surface area contributed by atoms with E-state index in [9.17, 15) is 4.79 Å². The molecule has 0 bridgehead atoms. The first-order valence-electron chi connectivity index (χ1n) is 5.57. The van der Waals surface area contributed by atoms with Gasteiger partial charge < -0.3 is 5.11 Å². The summed E-state index contributed by atoms with van der Waals surface area (Å²) in [6, 6.07) is 5.36. The molecule has 0 saturated carbocycles. The summed E-state index contributed by atoms with van der Waals surface area (Å²) in [4.78, 5) is 17.9. The summed E-state index contributed by atoms with van der Waals surface area (Å²) in [5.41, 5.74) is 0.523. The lowest BCUT2D eigenvalue weighted by molar-refractivity contribution is 0.0935. The number of rotatable bonds is 4. The van der Waals surface area contributed by atoms with Crippen molar-refractivity contribution in [3.05, 3.63) is 30.1 Å². The zero-order valence-electron chi connectivity index (χ0n) is 9.17. The van der Waals surface area contributed by atoms with Crippen molar-refractivity contribution in [2.75, 3.05) is 26.2 Å². The predicted molar refractivity (Wildman–Crippen MR) is 60.2 cm³/mol. The Morgan fingerprint density at radius 1 is 1.56 bits per heavy atom. The highest BCUT2D eigenvalue weighted by Crippen LogP contribution is 2.15. The molecule has 0 spiro atoms. The van der Waals surface area contributed by atoms with Crippen LogP contribution in [0.5, 0.6) is 0 Å². The van der Waals surface area contributed by atoms with Gasteiger partial charge in [0.15, 0.2) is 5.78 Å². The van der Waals surface area contributed by atoms with Crippen LogP contribution in [-0.2, 0) is 0 Å². The smallest absolute Gasteiger partial charge is 0.195 e. The zero-order chi connectivity index (χ0) is 11.4. The van der Waals surface area contributed by atoms with Crippen LogP contribution in [0.1, 0.15) is 16.9 Å². The molecular formula is C12H16N2O2. The maximum Gasteiger partial charge on any atom is 0.195 e. The summed E-state index contributed by atoms with van der Waals surface area (Å²) in [5.74, 6) is 0.385. The summed E-state index contributed by atoms with van der Waals surface area (Å²) in [7, 11) is 0. The van der Waals surface area contributed by atoms with Gasteiger partial charge in [-0.2, -0.15) is 0 Å². The van der Waals surface area contributed by atoms with Gasteiger partial charge in [0.2, 0.25) is 0 Å². The van der Waals surface area contributed by atoms with Crippen molar-refractivity contribution in [1.82, 2.24) is 9.88 Å². The van der Waals surface area contributed by atoms with Gasteiger partial charge in [0.1, 0.15) is 5.69 Å². The first-order valence-corrected chi connectivity index (χ1v) is 5.57. The van der Waals surface area contributed by atoms with Gasteiger partial charge in [-0.05, 0) is 31.0 Å². The van der Waals surface area contributed by atoms with Crippen molar-refractivity contribution >= 4 is 5.78 Å². The van der Waals surface area contributed by atoms with E-state index in [2.05, 4.69) is 9.88 Å². The maximum atomic E-state index is 11.8. The minimum atomic E-state index is 0.0548. The van der Waals surface area contributed by atoms with Crippen molar-refractivity contribution in [2.45, 2.75) is 6.42 Å². The van der Waals surface area contributed by atoms with Crippen LogP contribution >= 0.6 is 0 Å². The number of aliphatic hydroxyl groups is 1. The van der Waals surface area contributed by atoms with E-state index in [1.165, 1.54) is 0 Å². The average Bonchev–Trinajstić information content (AvgIpc) is 2.78. The summed E-state index contributed by atoms with van der Waals surface area (Å²) in [5, 5.41) is 9.01. The highest BCUT2D eigenvalue weighted by Gasteiger charge is 2.23. The van der Waals surface area contributed by atoms with Crippen LogP contribution in [0.25, 0.3) is 0 Å². The molecule has 1 N–H and O–H groups in total. The molecule has 2 rings (SSSR count). The van der Waals surface area contributed by atoms with Crippen LogP contribution in [0.15, 0.2) is 24.4 Å². The lowest BCUT2D eigenvalue weighted by atomic mass is 10.1. The molecule has 1 aromatic heterocycles. The van der Waals surface area contributed by atoms with Crippen molar-refractivity contribution in [3.63, 3.8) is 0 Å². The van der Waals surface area contributed by atoms with Gasteiger partial charge in [-0.3, -0.25) is 14.7 Å². The maximum absolute atomic E-state index is 11.8. The molecule has 0 aromatic carbocycles. The van der Waals surface area contributed by atoms with Crippen LogP contribution in [0, 0.1) is 5.92 Å². The van der Waals surface area contributed by atoms with E-state index < -0.39 is 0 Å². The van der Waals surface area contributed by atoms with Crippen LogP contribution in [0.2, 0.25) is 0 Å².